The average molecular weight is 305 g/mol. The van der Waals surface area contributed by atoms with Crippen LogP contribution in [0.2, 0.25) is 0 Å². The van der Waals surface area contributed by atoms with Crippen molar-refractivity contribution in [2.24, 2.45) is 0 Å². The second kappa shape index (κ2) is 5.06. The molecule has 0 spiro atoms. The molecule has 2 heterocycles. The summed E-state index contributed by atoms with van der Waals surface area (Å²) in [5, 5.41) is 11.1. The van der Waals surface area contributed by atoms with Gasteiger partial charge in [0.05, 0.1) is 5.39 Å². The molecule has 0 unspecified atom stereocenters. The number of benzene rings is 1. The van der Waals surface area contributed by atoms with Gasteiger partial charge in [0, 0.05) is 6.07 Å². The molecule has 1 amide bonds. The Morgan fingerprint density at radius 3 is 2.86 bits per heavy atom. The van der Waals surface area contributed by atoms with E-state index in [2.05, 4.69) is 15.5 Å². The van der Waals surface area contributed by atoms with Crippen LogP contribution in [-0.4, -0.2) is 16.1 Å². The van der Waals surface area contributed by atoms with E-state index in [1.54, 1.807) is 6.92 Å². The van der Waals surface area contributed by atoms with Crippen LogP contribution in [0.15, 0.2) is 33.5 Å². The third kappa shape index (κ3) is 2.65. The molecule has 3 aromatic rings. The zero-order valence-electron chi connectivity index (χ0n) is 10.7. The number of hydrogen-bond acceptors (Lipinski definition) is 6. The molecular formula is C13H8FN3O3S. The highest BCUT2D eigenvalue weighted by Gasteiger charge is 2.14. The summed E-state index contributed by atoms with van der Waals surface area (Å²) in [6, 6.07) is 4.54. The molecule has 1 N–H and O–H groups in total. The molecule has 0 saturated heterocycles. The summed E-state index contributed by atoms with van der Waals surface area (Å²) < 4.78 is 18.4. The van der Waals surface area contributed by atoms with Gasteiger partial charge in [-0.3, -0.25) is 14.9 Å². The molecule has 8 heteroatoms. The van der Waals surface area contributed by atoms with Crippen molar-refractivity contribution >= 4 is 33.3 Å². The molecule has 21 heavy (non-hydrogen) atoms. The van der Waals surface area contributed by atoms with Crippen LogP contribution in [0.4, 0.5) is 9.52 Å². The van der Waals surface area contributed by atoms with Gasteiger partial charge in [-0.15, -0.1) is 10.2 Å². The zero-order chi connectivity index (χ0) is 15.0. The number of anilines is 1. The second-order valence-electron chi connectivity index (χ2n) is 4.20. The Kier molecular flexibility index (Phi) is 3.22. The van der Waals surface area contributed by atoms with Crippen molar-refractivity contribution < 1.29 is 13.6 Å². The Morgan fingerprint density at radius 1 is 1.33 bits per heavy atom. The first-order chi connectivity index (χ1) is 10.0. The molecule has 0 bridgehead atoms. The summed E-state index contributed by atoms with van der Waals surface area (Å²) in [5.74, 6) is -1.34. The Hall–Kier alpha value is -2.61. The third-order valence-electron chi connectivity index (χ3n) is 2.66. The topological polar surface area (TPSA) is 85.1 Å². The fourth-order valence-corrected chi connectivity index (χ4v) is 2.33. The molecule has 0 aliphatic rings. The van der Waals surface area contributed by atoms with Crippen LogP contribution >= 0.6 is 11.3 Å². The maximum absolute atomic E-state index is 13.1. The van der Waals surface area contributed by atoms with Crippen LogP contribution in [0.3, 0.4) is 0 Å². The highest BCUT2D eigenvalue weighted by atomic mass is 32.1. The SMILES string of the molecule is Cc1nnc(NC(=O)c2cc(=O)c3cc(F)ccc3o2)s1. The van der Waals surface area contributed by atoms with Gasteiger partial charge in [0.15, 0.2) is 11.2 Å². The normalized spacial score (nSPS) is 10.8. The van der Waals surface area contributed by atoms with Gasteiger partial charge in [-0.1, -0.05) is 11.3 Å². The standard InChI is InChI=1S/C13H8FN3O3S/c1-6-16-17-13(21-6)15-12(19)11-5-9(18)8-4-7(14)2-3-10(8)20-11/h2-5H,1H3,(H,15,17,19). The van der Waals surface area contributed by atoms with Crippen LogP contribution in [-0.2, 0) is 0 Å². The van der Waals surface area contributed by atoms with Crippen molar-refractivity contribution in [2.45, 2.75) is 6.92 Å². The molecule has 0 aliphatic heterocycles. The maximum atomic E-state index is 13.1. The minimum absolute atomic E-state index is 0.0818. The lowest BCUT2D eigenvalue weighted by Crippen LogP contribution is -2.14. The summed E-state index contributed by atoms with van der Waals surface area (Å²) in [6.07, 6.45) is 0. The lowest BCUT2D eigenvalue weighted by atomic mass is 10.2. The van der Waals surface area contributed by atoms with Gasteiger partial charge in [0.1, 0.15) is 16.4 Å². The van der Waals surface area contributed by atoms with Gasteiger partial charge in [-0.05, 0) is 25.1 Å². The average Bonchev–Trinajstić information content (AvgIpc) is 2.84. The largest absolute Gasteiger partial charge is 0.451 e. The fourth-order valence-electron chi connectivity index (χ4n) is 1.75. The Bertz CT molecular complexity index is 903. The Morgan fingerprint density at radius 2 is 2.14 bits per heavy atom. The maximum Gasteiger partial charge on any atom is 0.293 e. The highest BCUT2D eigenvalue weighted by Crippen LogP contribution is 2.17. The fraction of sp³-hybridized carbons (Fsp3) is 0.0769. The van der Waals surface area contributed by atoms with Gasteiger partial charge in [-0.25, -0.2) is 4.39 Å². The molecular weight excluding hydrogens is 297 g/mol. The number of aromatic nitrogens is 2. The number of nitrogens with zero attached hydrogens (tertiary/aromatic N) is 2. The minimum Gasteiger partial charge on any atom is -0.451 e. The first kappa shape index (κ1) is 13.4. The number of rotatable bonds is 2. The molecule has 0 radical (unpaired) electrons. The molecule has 0 fully saturated rings. The number of nitrogens with one attached hydrogen (secondary N) is 1. The number of halogens is 1. The smallest absolute Gasteiger partial charge is 0.293 e. The molecule has 3 rings (SSSR count). The monoisotopic (exact) mass is 305 g/mol. The van der Waals surface area contributed by atoms with Gasteiger partial charge in [-0.2, -0.15) is 0 Å². The van der Waals surface area contributed by atoms with Crippen molar-refractivity contribution in [1.29, 1.82) is 0 Å². The van der Waals surface area contributed by atoms with Crippen LogP contribution in [0, 0.1) is 12.7 Å². The summed E-state index contributed by atoms with van der Waals surface area (Å²) in [4.78, 5) is 23.9. The predicted molar refractivity (Wildman–Crippen MR) is 75.0 cm³/mol. The van der Waals surface area contributed by atoms with E-state index >= 15 is 0 Å². The summed E-state index contributed by atoms with van der Waals surface area (Å²) in [5.41, 5.74) is -0.350. The van der Waals surface area contributed by atoms with E-state index in [0.29, 0.717) is 10.1 Å². The zero-order valence-corrected chi connectivity index (χ0v) is 11.5. The molecule has 0 aliphatic carbocycles. The van der Waals surface area contributed by atoms with Crippen molar-refractivity contribution in [3.8, 4) is 0 Å². The first-order valence-corrected chi connectivity index (χ1v) is 6.69. The Balaban J connectivity index is 1.98. The van der Waals surface area contributed by atoms with Crippen molar-refractivity contribution in [2.75, 3.05) is 5.32 Å². The van der Waals surface area contributed by atoms with Crippen molar-refractivity contribution in [3.05, 3.63) is 51.1 Å². The predicted octanol–water partition coefficient (Wildman–Crippen LogP) is 2.34. The van der Waals surface area contributed by atoms with Crippen LogP contribution < -0.4 is 10.7 Å². The first-order valence-electron chi connectivity index (χ1n) is 5.88. The van der Waals surface area contributed by atoms with E-state index in [4.69, 9.17) is 4.42 Å². The van der Waals surface area contributed by atoms with Crippen molar-refractivity contribution in [1.82, 2.24) is 10.2 Å². The minimum atomic E-state index is -0.616. The van der Waals surface area contributed by atoms with E-state index in [9.17, 15) is 14.0 Å². The Labute approximate surface area is 121 Å². The van der Waals surface area contributed by atoms with Crippen LogP contribution in [0.1, 0.15) is 15.6 Å². The number of fused-ring (bicyclic) bond motifs is 1. The van der Waals surface area contributed by atoms with E-state index in [1.165, 1.54) is 17.4 Å². The molecule has 2 aromatic heterocycles. The number of hydrogen-bond donors (Lipinski definition) is 1. The lowest BCUT2D eigenvalue weighted by Gasteiger charge is -2.02. The van der Waals surface area contributed by atoms with Gasteiger partial charge >= 0.3 is 0 Å². The van der Waals surface area contributed by atoms with Crippen molar-refractivity contribution in [3.63, 3.8) is 0 Å². The number of aryl methyl sites for hydroxylation is 1. The molecule has 0 saturated carbocycles. The summed E-state index contributed by atoms with van der Waals surface area (Å²) in [6.45, 7) is 1.75. The third-order valence-corrected chi connectivity index (χ3v) is 3.41. The van der Waals surface area contributed by atoms with E-state index in [0.717, 1.165) is 18.2 Å². The molecule has 106 valence electrons. The molecule has 0 atom stereocenters. The summed E-state index contributed by atoms with van der Waals surface area (Å²) in [7, 11) is 0. The van der Waals surface area contributed by atoms with Crippen LogP contribution in [0.25, 0.3) is 11.0 Å². The van der Waals surface area contributed by atoms with Crippen LogP contribution in [0.5, 0.6) is 0 Å². The quantitative estimate of drug-likeness (QED) is 0.785. The van der Waals surface area contributed by atoms with E-state index < -0.39 is 17.2 Å². The summed E-state index contributed by atoms with van der Waals surface area (Å²) >= 11 is 1.20. The number of carbonyl (C=O) groups is 1. The number of carbonyl (C=O) groups excluding carboxylic acids is 1. The molecule has 1 aromatic carbocycles. The van der Waals surface area contributed by atoms with Gasteiger partial charge < -0.3 is 4.42 Å². The van der Waals surface area contributed by atoms with E-state index in [1.807, 2.05) is 0 Å². The highest BCUT2D eigenvalue weighted by molar-refractivity contribution is 7.15. The van der Waals surface area contributed by atoms with Gasteiger partial charge in [0.2, 0.25) is 5.13 Å². The second-order valence-corrected chi connectivity index (χ2v) is 5.38. The van der Waals surface area contributed by atoms with E-state index in [-0.39, 0.29) is 16.7 Å². The van der Waals surface area contributed by atoms with Gasteiger partial charge in [0.25, 0.3) is 5.91 Å². The number of amides is 1. The molecule has 6 nitrogen and oxygen atoms in total. The lowest BCUT2D eigenvalue weighted by molar-refractivity contribution is 0.0997.